The van der Waals surface area contributed by atoms with Crippen LogP contribution in [0.3, 0.4) is 0 Å². The molecule has 22 heavy (non-hydrogen) atoms. The number of carbonyl (C=O) groups is 2. The number of fused-ring (bicyclic) bond motifs is 1. The predicted octanol–water partition coefficient (Wildman–Crippen LogP) is 3.32. The number of hydrogen-bond acceptors (Lipinski definition) is 3. The first-order chi connectivity index (χ1) is 10.6. The molecular weight excluding hydrogens is 282 g/mol. The van der Waals surface area contributed by atoms with Crippen molar-refractivity contribution in [3.63, 3.8) is 0 Å². The highest BCUT2D eigenvalue weighted by Crippen LogP contribution is 2.37. The Labute approximate surface area is 130 Å². The molecule has 1 heterocycles. The third-order valence-electron chi connectivity index (χ3n) is 3.62. The van der Waals surface area contributed by atoms with E-state index in [2.05, 4.69) is 24.4 Å². The van der Waals surface area contributed by atoms with Gasteiger partial charge in [-0.3, -0.25) is 4.79 Å². The van der Waals surface area contributed by atoms with Crippen LogP contribution in [0.2, 0.25) is 0 Å². The number of rotatable bonds is 7. The smallest absolute Gasteiger partial charge is 0.341 e. The first kappa shape index (κ1) is 16.1. The van der Waals surface area contributed by atoms with Crippen molar-refractivity contribution in [2.75, 3.05) is 11.9 Å². The molecule has 0 aliphatic carbocycles. The molecule has 1 aliphatic rings. The summed E-state index contributed by atoms with van der Waals surface area (Å²) >= 11 is 0. The highest BCUT2D eigenvalue weighted by molar-refractivity contribution is 5.95. The minimum Gasteiger partial charge on any atom is -0.482 e. The van der Waals surface area contributed by atoms with Crippen molar-refractivity contribution in [2.45, 2.75) is 38.5 Å². The summed E-state index contributed by atoms with van der Waals surface area (Å²) in [5, 5.41) is 11.5. The number of nitrogens with one attached hydrogen (secondary N) is 1. The lowest BCUT2D eigenvalue weighted by atomic mass is 9.87. The molecule has 1 aromatic carbocycles. The van der Waals surface area contributed by atoms with Gasteiger partial charge < -0.3 is 15.2 Å². The van der Waals surface area contributed by atoms with Crippen molar-refractivity contribution < 1.29 is 19.4 Å². The van der Waals surface area contributed by atoms with Crippen LogP contribution >= 0.6 is 0 Å². The maximum Gasteiger partial charge on any atom is 0.341 e. The Hall–Kier alpha value is -2.30. The van der Waals surface area contributed by atoms with E-state index in [1.165, 1.54) is 0 Å². The number of carboxylic acid groups (broad SMARTS) is 1. The van der Waals surface area contributed by atoms with Gasteiger partial charge in [-0.15, -0.1) is 0 Å². The Morgan fingerprint density at radius 1 is 1.45 bits per heavy atom. The maximum atomic E-state index is 11.8. The van der Waals surface area contributed by atoms with E-state index >= 15 is 0 Å². The summed E-state index contributed by atoms with van der Waals surface area (Å²) in [4.78, 5) is 22.4. The van der Waals surface area contributed by atoms with Gasteiger partial charge in [-0.05, 0) is 36.8 Å². The number of aliphatic carboxylic acids is 1. The zero-order valence-corrected chi connectivity index (χ0v) is 12.7. The van der Waals surface area contributed by atoms with Crippen LogP contribution in [0.25, 0.3) is 0 Å². The zero-order chi connectivity index (χ0) is 15.9. The normalized spacial score (nSPS) is 17.1. The van der Waals surface area contributed by atoms with Crippen molar-refractivity contribution >= 4 is 17.6 Å². The van der Waals surface area contributed by atoms with E-state index in [0.29, 0.717) is 12.2 Å². The van der Waals surface area contributed by atoms with Crippen molar-refractivity contribution in [3.05, 3.63) is 35.9 Å². The lowest BCUT2D eigenvalue weighted by molar-refractivity contribution is -0.139. The third-order valence-corrected chi connectivity index (χ3v) is 3.62. The highest BCUT2D eigenvalue weighted by atomic mass is 16.5. The maximum absolute atomic E-state index is 11.8. The molecule has 1 atom stereocenters. The number of hydrogen-bond donors (Lipinski definition) is 2. The van der Waals surface area contributed by atoms with E-state index in [0.717, 1.165) is 30.5 Å². The molecule has 0 radical (unpaired) electrons. The Balaban J connectivity index is 2.10. The summed E-state index contributed by atoms with van der Waals surface area (Å²) < 4.78 is 5.16. The second kappa shape index (κ2) is 7.64. The van der Waals surface area contributed by atoms with E-state index in [9.17, 15) is 9.59 Å². The Morgan fingerprint density at radius 2 is 2.27 bits per heavy atom. The van der Waals surface area contributed by atoms with Crippen LogP contribution in [0, 0.1) is 0 Å². The summed E-state index contributed by atoms with van der Waals surface area (Å²) in [6.45, 7) is 1.70. The van der Waals surface area contributed by atoms with Gasteiger partial charge in [0.2, 0.25) is 5.91 Å². The van der Waals surface area contributed by atoms with Crippen LogP contribution in [-0.2, 0) is 9.59 Å². The van der Waals surface area contributed by atoms with Crippen molar-refractivity contribution in [2.24, 2.45) is 0 Å². The molecule has 0 bridgehead atoms. The lowest BCUT2D eigenvalue weighted by Crippen LogP contribution is -2.23. The minimum atomic E-state index is -1.03. The number of amides is 1. The van der Waals surface area contributed by atoms with Gasteiger partial charge in [0.05, 0.1) is 0 Å². The van der Waals surface area contributed by atoms with Crippen LogP contribution in [0.5, 0.6) is 5.75 Å². The summed E-state index contributed by atoms with van der Waals surface area (Å²) in [5.74, 6) is -0.388. The average Bonchev–Trinajstić information content (AvgIpc) is 2.48. The number of allylic oxidation sites excluding steroid dienone is 2. The van der Waals surface area contributed by atoms with E-state index in [4.69, 9.17) is 9.84 Å². The number of carbonyl (C=O) groups excluding carboxylic acids is 1. The molecule has 0 saturated carbocycles. The molecule has 0 spiro atoms. The van der Waals surface area contributed by atoms with E-state index in [1.807, 2.05) is 6.07 Å². The molecule has 1 aromatic rings. The van der Waals surface area contributed by atoms with Gasteiger partial charge in [0.25, 0.3) is 0 Å². The molecule has 1 amide bonds. The Morgan fingerprint density at radius 3 is 3.00 bits per heavy atom. The van der Waals surface area contributed by atoms with Crippen molar-refractivity contribution in [3.8, 4) is 5.75 Å². The van der Waals surface area contributed by atoms with E-state index in [-0.39, 0.29) is 11.8 Å². The molecule has 0 aromatic heterocycles. The Kier molecular flexibility index (Phi) is 5.58. The molecule has 1 aliphatic heterocycles. The number of ether oxygens (including phenoxy) is 1. The van der Waals surface area contributed by atoms with Crippen LogP contribution in [0.1, 0.15) is 44.1 Å². The molecule has 1 unspecified atom stereocenters. The predicted molar refractivity (Wildman–Crippen MR) is 84.2 cm³/mol. The summed E-state index contributed by atoms with van der Waals surface area (Å²) in [6.07, 6.45) is 7.66. The minimum absolute atomic E-state index is 0.00708. The fourth-order valence-electron chi connectivity index (χ4n) is 2.61. The molecular formula is C17H21NO4. The number of carboxylic acids is 1. The second-order valence-corrected chi connectivity index (χ2v) is 5.34. The van der Waals surface area contributed by atoms with Gasteiger partial charge in [-0.1, -0.05) is 25.1 Å². The van der Waals surface area contributed by atoms with Gasteiger partial charge in [0.1, 0.15) is 5.75 Å². The van der Waals surface area contributed by atoms with Crippen LogP contribution in [-0.4, -0.2) is 23.6 Å². The average molecular weight is 303 g/mol. The molecule has 5 heteroatoms. The summed E-state index contributed by atoms with van der Waals surface area (Å²) in [5.41, 5.74) is 1.82. The molecule has 0 saturated heterocycles. The SMILES string of the molecule is CC/C=C\CCC1CC(=O)Nc2cc(OCC(=O)O)ccc21. The van der Waals surface area contributed by atoms with Crippen LogP contribution in [0.15, 0.2) is 30.4 Å². The first-order valence-electron chi connectivity index (χ1n) is 7.53. The third kappa shape index (κ3) is 4.35. The molecule has 118 valence electrons. The van der Waals surface area contributed by atoms with Crippen LogP contribution in [0.4, 0.5) is 5.69 Å². The number of benzene rings is 1. The second-order valence-electron chi connectivity index (χ2n) is 5.34. The fourth-order valence-corrected chi connectivity index (χ4v) is 2.61. The van der Waals surface area contributed by atoms with E-state index in [1.54, 1.807) is 12.1 Å². The van der Waals surface area contributed by atoms with Gasteiger partial charge in [-0.2, -0.15) is 0 Å². The van der Waals surface area contributed by atoms with Gasteiger partial charge >= 0.3 is 5.97 Å². The molecule has 2 rings (SSSR count). The number of anilines is 1. The zero-order valence-electron chi connectivity index (χ0n) is 12.7. The Bertz CT molecular complexity index is 580. The topological polar surface area (TPSA) is 75.6 Å². The fraction of sp³-hybridized carbons (Fsp3) is 0.412. The van der Waals surface area contributed by atoms with Gasteiger partial charge in [0, 0.05) is 18.2 Å². The highest BCUT2D eigenvalue weighted by Gasteiger charge is 2.24. The summed E-state index contributed by atoms with van der Waals surface area (Å²) in [7, 11) is 0. The van der Waals surface area contributed by atoms with Gasteiger partial charge in [0.15, 0.2) is 6.61 Å². The summed E-state index contributed by atoms with van der Waals surface area (Å²) in [6, 6.07) is 5.37. The van der Waals surface area contributed by atoms with Crippen LogP contribution < -0.4 is 10.1 Å². The largest absolute Gasteiger partial charge is 0.482 e. The molecule has 0 fully saturated rings. The van der Waals surface area contributed by atoms with Gasteiger partial charge in [-0.25, -0.2) is 4.79 Å². The lowest BCUT2D eigenvalue weighted by Gasteiger charge is -2.25. The van der Waals surface area contributed by atoms with E-state index < -0.39 is 12.6 Å². The van der Waals surface area contributed by atoms with Crippen molar-refractivity contribution in [1.82, 2.24) is 0 Å². The quantitative estimate of drug-likeness (QED) is 0.758. The monoisotopic (exact) mass is 303 g/mol. The van der Waals surface area contributed by atoms with Crippen molar-refractivity contribution in [1.29, 1.82) is 0 Å². The molecule has 2 N–H and O–H groups in total. The standard InChI is InChI=1S/C17H21NO4/c1-2-3-4-5-6-12-9-16(19)18-15-10-13(7-8-14(12)15)22-11-17(20)21/h3-4,7-8,10,12H,2,5-6,9,11H2,1H3,(H,18,19)(H,20,21)/b4-3-. The molecule has 5 nitrogen and oxygen atoms in total. The first-order valence-corrected chi connectivity index (χ1v) is 7.53.